The first-order valence-corrected chi connectivity index (χ1v) is 8.98. The number of hydrogen-bond acceptors (Lipinski definition) is 6. The Morgan fingerprint density at radius 2 is 1.92 bits per heavy atom. The fraction of sp³-hybridized carbons (Fsp3) is 0.529. The van der Waals surface area contributed by atoms with Gasteiger partial charge in [0, 0.05) is 23.6 Å². The maximum atomic E-state index is 4.82. The van der Waals surface area contributed by atoms with Crippen LogP contribution in [-0.4, -0.2) is 55.4 Å². The fourth-order valence-electron chi connectivity index (χ4n) is 3.52. The molecule has 0 spiro atoms. The minimum Gasteiger partial charge on any atom is -0.322 e. The molecule has 2 aliphatic rings. The molecule has 3 aromatic heterocycles. The highest BCUT2D eigenvalue weighted by atomic mass is 15.2. The van der Waals surface area contributed by atoms with Gasteiger partial charge in [0.05, 0.1) is 6.20 Å². The van der Waals surface area contributed by atoms with Crippen LogP contribution in [0.1, 0.15) is 49.0 Å². The maximum Gasteiger partial charge on any atom is 0.161 e. The van der Waals surface area contributed by atoms with Crippen molar-refractivity contribution in [1.29, 1.82) is 0 Å². The van der Waals surface area contributed by atoms with Gasteiger partial charge in [-0.3, -0.25) is 10.2 Å². The second kappa shape index (κ2) is 5.80. The van der Waals surface area contributed by atoms with Gasteiger partial charge in [0.1, 0.15) is 16.9 Å². The van der Waals surface area contributed by atoms with Crippen molar-refractivity contribution in [3.05, 3.63) is 23.8 Å². The first kappa shape index (κ1) is 14.8. The lowest BCUT2D eigenvalue weighted by Gasteiger charge is -2.28. The minimum absolute atomic E-state index is 0.400. The van der Waals surface area contributed by atoms with Gasteiger partial charge in [0.15, 0.2) is 11.6 Å². The molecule has 0 radical (unpaired) electrons. The van der Waals surface area contributed by atoms with Gasteiger partial charge in [-0.2, -0.15) is 10.2 Å². The third-order valence-electron chi connectivity index (χ3n) is 5.26. The van der Waals surface area contributed by atoms with E-state index in [0.717, 1.165) is 54.4 Å². The van der Waals surface area contributed by atoms with Crippen LogP contribution in [0.5, 0.6) is 0 Å². The number of likely N-dealkylation sites (tertiary alicyclic amines) is 1. The lowest BCUT2D eigenvalue weighted by Crippen LogP contribution is -2.30. The summed E-state index contributed by atoms with van der Waals surface area (Å²) in [6.07, 6.45) is 6.45. The van der Waals surface area contributed by atoms with Gasteiger partial charge < -0.3 is 10.2 Å². The Morgan fingerprint density at radius 3 is 2.72 bits per heavy atom. The van der Waals surface area contributed by atoms with Gasteiger partial charge in [-0.1, -0.05) is 0 Å². The maximum absolute atomic E-state index is 4.82. The number of H-pyrrole nitrogens is 2. The molecule has 8 heteroatoms. The Labute approximate surface area is 145 Å². The second-order valence-corrected chi connectivity index (χ2v) is 7.25. The quantitative estimate of drug-likeness (QED) is 0.676. The summed E-state index contributed by atoms with van der Waals surface area (Å²) in [6, 6.07) is 2.08. The molecule has 0 unspecified atom stereocenters. The van der Waals surface area contributed by atoms with Crippen LogP contribution in [0.15, 0.2) is 12.3 Å². The largest absolute Gasteiger partial charge is 0.322 e. The van der Waals surface area contributed by atoms with E-state index in [9.17, 15) is 0 Å². The number of fused-ring (bicyclic) bond motifs is 1. The minimum atomic E-state index is 0.400. The molecule has 1 aliphatic heterocycles. The molecule has 3 N–H and O–H groups in total. The van der Waals surface area contributed by atoms with Gasteiger partial charge in [0.25, 0.3) is 0 Å². The van der Waals surface area contributed by atoms with Crippen LogP contribution in [0.4, 0.5) is 11.6 Å². The van der Waals surface area contributed by atoms with Gasteiger partial charge in [-0.15, -0.1) is 0 Å². The predicted molar refractivity (Wildman–Crippen MR) is 95.0 cm³/mol. The molecule has 8 nitrogen and oxygen atoms in total. The van der Waals surface area contributed by atoms with E-state index in [-0.39, 0.29) is 0 Å². The number of aromatic amines is 2. The Kier molecular flexibility index (Phi) is 3.44. The van der Waals surface area contributed by atoms with Gasteiger partial charge in [-0.25, -0.2) is 9.97 Å². The van der Waals surface area contributed by atoms with Crippen LogP contribution in [0.25, 0.3) is 11.0 Å². The lowest BCUT2D eigenvalue weighted by molar-refractivity contribution is 0.251. The number of anilines is 2. The van der Waals surface area contributed by atoms with Crippen molar-refractivity contribution < 1.29 is 0 Å². The average molecular weight is 338 g/mol. The van der Waals surface area contributed by atoms with E-state index < -0.39 is 0 Å². The average Bonchev–Trinajstić information content (AvgIpc) is 3.17. The highest BCUT2D eigenvalue weighted by molar-refractivity contribution is 5.86. The molecular weight excluding hydrogens is 316 g/mol. The van der Waals surface area contributed by atoms with Gasteiger partial charge in [-0.05, 0) is 45.8 Å². The Morgan fingerprint density at radius 1 is 1.08 bits per heavy atom. The molecule has 0 amide bonds. The summed E-state index contributed by atoms with van der Waals surface area (Å²) in [4.78, 5) is 11.9. The molecule has 1 saturated carbocycles. The summed E-state index contributed by atoms with van der Waals surface area (Å²) in [5, 5.41) is 18.0. The summed E-state index contributed by atoms with van der Waals surface area (Å²) < 4.78 is 0. The molecule has 130 valence electrons. The third-order valence-corrected chi connectivity index (χ3v) is 5.26. The van der Waals surface area contributed by atoms with E-state index >= 15 is 0 Å². The molecule has 2 fully saturated rings. The van der Waals surface area contributed by atoms with E-state index in [0.29, 0.717) is 11.8 Å². The second-order valence-electron chi connectivity index (χ2n) is 7.25. The number of rotatable bonds is 4. The number of nitrogens with one attached hydrogen (secondary N) is 3. The van der Waals surface area contributed by atoms with Crippen LogP contribution in [0, 0.1) is 0 Å². The van der Waals surface area contributed by atoms with E-state index in [1.807, 2.05) is 0 Å². The molecule has 1 saturated heterocycles. The number of nitrogens with zero attached hydrogens (tertiary/aromatic N) is 5. The Bertz CT molecular complexity index is 885. The monoisotopic (exact) mass is 338 g/mol. The van der Waals surface area contributed by atoms with Crippen molar-refractivity contribution in [2.45, 2.75) is 37.5 Å². The van der Waals surface area contributed by atoms with Crippen molar-refractivity contribution in [1.82, 2.24) is 35.3 Å². The molecule has 4 heterocycles. The molecule has 3 aromatic rings. The first-order chi connectivity index (χ1) is 12.3. The first-order valence-electron chi connectivity index (χ1n) is 8.98. The number of piperidine rings is 1. The molecule has 5 rings (SSSR count). The molecular formula is C17H22N8. The van der Waals surface area contributed by atoms with E-state index in [2.05, 4.69) is 43.7 Å². The number of hydrogen-bond donors (Lipinski definition) is 3. The lowest BCUT2D eigenvalue weighted by atomic mass is 9.96. The summed E-state index contributed by atoms with van der Waals surface area (Å²) >= 11 is 0. The zero-order chi connectivity index (χ0) is 16.8. The molecule has 0 aromatic carbocycles. The van der Waals surface area contributed by atoms with E-state index in [1.165, 1.54) is 18.5 Å². The topological polar surface area (TPSA) is 98.4 Å². The zero-order valence-electron chi connectivity index (χ0n) is 14.3. The standard InChI is InChI=1S/C17H22N8/c1-25-6-4-11(5-7-25)16-19-13-9-18-24-15(13)17(21-16)20-14-8-12(22-23-14)10-2-3-10/h8-11H,2-7H2,1H3,(H,18,24)(H2,19,20,21,22,23). The third kappa shape index (κ3) is 2.86. The molecule has 25 heavy (non-hydrogen) atoms. The Hall–Kier alpha value is -2.48. The van der Waals surface area contributed by atoms with Crippen molar-refractivity contribution in [2.75, 3.05) is 25.5 Å². The van der Waals surface area contributed by atoms with Crippen LogP contribution in [0.2, 0.25) is 0 Å². The smallest absolute Gasteiger partial charge is 0.161 e. The van der Waals surface area contributed by atoms with Crippen LogP contribution in [-0.2, 0) is 0 Å². The van der Waals surface area contributed by atoms with Gasteiger partial charge in [0.2, 0.25) is 0 Å². The summed E-state index contributed by atoms with van der Waals surface area (Å²) in [7, 11) is 2.17. The summed E-state index contributed by atoms with van der Waals surface area (Å²) in [5.41, 5.74) is 2.88. The van der Waals surface area contributed by atoms with Crippen molar-refractivity contribution in [3.8, 4) is 0 Å². The van der Waals surface area contributed by atoms with E-state index in [1.54, 1.807) is 6.20 Å². The van der Waals surface area contributed by atoms with Gasteiger partial charge >= 0.3 is 0 Å². The highest BCUT2D eigenvalue weighted by Gasteiger charge is 2.26. The Balaban J connectivity index is 1.46. The molecule has 0 atom stereocenters. The number of aromatic nitrogens is 6. The van der Waals surface area contributed by atoms with Crippen LogP contribution >= 0.6 is 0 Å². The summed E-state index contributed by atoms with van der Waals surface area (Å²) in [6.45, 7) is 2.18. The van der Waals surface area contributed by atoms with Crippen LogP contribution < -0.4 is 5.32 Å². The zero-order valence-corrected chi connectivity index (χ0v) is 14.3. The SMILES string of the molecule is CN1CCC(c2nc(Nc3cc(C4CC4)[nH]n3)c3[nH]ncc3n2)CC1. The normalized spacial score (nSPS) is 19.6. The molecule has 1 aliphatic carbocycles. The van der Waals surface area contributed by atoms with Crippen molar-refractivity contribution >= 4 is 22.7 Å². The highest BCUT2D eigenvalue weighted by Crippen LogP contribution is 2.39. The van der Waals surface area contributed by atoms with E-state index in [4.69, 9.17) is 9.97 Å². The molecule has 0 bridgehead atoms. The predicted octanol–water partition coefficient (Wildman–Crippen LogP) is 2.51. The van der Waals surface area contributed by atoms with Crippen LogP contribution in [0.3, 0.4) is 0 Å². The fourth-order valence-corrected chi connectivity index (χ4v) is 3.52. The van der Waals surface area contributed by atoms with Crippen molar-refractivity contribution in [2.24, 2.45) is 0 Å². The van der Waals surface area contributed by atoms with Crippen molar-refractivity contribution in [3.63, 3.8) is 0 Å². The summed E-state index contributed by atoms with van der Waals surface area (Å²) in [5.74, 6) is 3.51.